The molecule has 120 valence electrons. The van der Waals surface area contributed by atoms with E-state index in [0.717, 1.165) is 0 Å². The molecule has 0 heteroatoms. The lowest BCUT2D eigenvalue weighted by Crippen LogP contribution is -1.87. The summed E-state index contributed by atoms with van der Waals surface area (Å²) in [6.45, 7) is 18.0. The maximum Gasteiger partial charge on any atom is -0.0346 e. The summed E-state index contributed by atoms with van der Waals surface area (Å²) in [5, 5.41) is 0. The van der Waals surface area contributed by atoms with Gasteiger partial charge >= 0.3 is 0 Å². The van der Waals surface area contributed by atoms with Crippen LogP contribution in [0.25, 0.3) is 0 Å². The molecular formula is C20H40. The van der Waals surface area contributed by atoms with Gasteiger partial charge in [-0.1, -0.05) is 77.7 Å². The predicted octanol–water partition coefficient (Wildman–Crippen LogP) is 7.85. The molecular weight excluding hydrogens is 240 g/mol. The monoisotopic (exact) mass is 280 g/mol. The molecule has 0 bridgehead atoms. The molecule has 0 radical (unpaired) electrons. The third kappa shape index (κ3) is 8.61. The van der Waals surface area contributed by atoms with Gasteiger partial charge in [0.25, 0.3) is 0 Å². The van der Waals surface area contributed by atoms with E-state index in [-0.39, 0.29) is 0 Å². The van der Waals surface area contributed by atoms with Crippen LogP contribution in [0.4, 0.5) is 0 Å². The van der Waals surface area contributed by atoms with Crippen molar-refractivity contribution in [3.05, 3.63) is 22.3 Å². The normalized spacial score (nSPS) is 9.60. The first-order chi connectivity index (χ1) is 9.59. The summed E-state index contributed by atoms with van der Waals surface area (Å²) >= 11 is 0. The van der Waals surface area contributed by atoms with Crippen LogP contribution in [0, 0.1) is 0 Å². The van der Waals surface area contributed by atoms with Crippen molar-refractivity contribution < 1.29 is 0 Å². The van der Waals surface area contributed by atoms with Crippen LogP contribution < -0.4 is 0 Å². The molecule has 0 aromatic heterocycles. The van der Waals surface area contributed by atoms with Gasteiger partial charge in [0, 0.05) is 0 Å². The van der Waals surface area contributed by atoms with Crippen molar-refractivity contribution in [1.29, 1.82) is 0 Å². The van der Waals surface area contributed by atoms with E-state index >= 15 is 0 Å². The maximum absolute atomic E-state index is 2.25. The molecule has 0 atom stereocenters. The van der Waals surface area contributed by atoms with Gasteiger partial charge in [-0.3, -0.25) is 0 Å². The van der Waals surface area contributed by atoms with E-state index in [1.165, 1.54) is 51.4 Å². The second-order valence-corrected chi connectivity index (χ2v) is 5.24. The van der Waals surface area contributed by atoms with Gasteiger partial charge in [0.1, 0.15) is 0 Å². The minimum absolute atomic E-state index is 1.24. The summed E-state index contributed by atoms with van der Waals surface area (Å²) in [5.74, 6) is 0. The van der Waals surface area contributed by atoms with Crippen LogP contribution in [0.15, 0.2) is 22.3 Å². The maximum atomic E-state index is 2.25. The summed E-state index contributed by atoms with van der Waals surface area (Å²) in [6.07, 6.45) is 9.95. The minimum atomic E-state index is 1.24. The van der Waals surface area contributed by atoms with Crippen LogP contribution in [-0.4, -0.2) is 0 Å². The molecule has 0 aliphatic heterocycles. The zero-order valence-electron chi connectivity index (χ0n) is 15.7. The standard InChI is InChI=1S/2C10H20/c2*1-5-9(6-2)10(7-3)8-4/h2*5-8H2,1-4H3. The van der Waals surface area contributed by atoms with Gasteiger partial charge < -0.3 is 0 Å². The van der Waals surface area contributed by atoms with Crippen molar-refractivity contribution in [2.45, 2.75) is 107 Å². The second kappa shape index (κ2) is 14.9. The van der Waals surface area contributed by atoms with E-state index in [1.807, 2.05) is 0 Å². The fourth-order valence-electron chi connectivity index (χ4n) is 3.00. The van der Waals surface area contributed by atoms with E-state index in [9.17, 15) is 0 Å². The largest absolute Gasteiger partial charge is 0.0716 e. The van der Waals surface area contributed by atoms with Gasteiger partial charge in [-0.2, -0.15) is 0 Å². The molecule has 0 spiro atoms. The van der Waals surface area contributed by atoms with Crippen LogP contribution in [0.3, 0.4) is 0 Å². The molecule has 0 saturated heterocycles. The van der Waals surface area contributed by atoms with Crippen molar-refractivity contribution in [3.8, 4) is 0 Å². The Morgan fingerprint density at radius 1 is 0.300 bits per heavy atom. The Balaban J connectivity index is 0. The molecule has 0 aromatic carbocycles. The molecule has 0 nitrogen and oxygen atoms in total. The third-order valence-corrected chi connectivity index (χ3v) is 4.41. The highest BCUT2D eigenvalue weighted by Crippen LogP contribution is 2.18. The lowest BCUT2D eigenvalue weighted by molar-refractivity contribution is 0.864. The van der Waals surface area contributed by atoms with Crippen molar-refractivity contribution >= 4 is 0 Å². The van der Waals surface area contributed by atoms with Gasteiger partial charge in [0.2, 0.25) is 0 Å². The van der Waals surface area contributed by atoms with E-state index in [0.29, 0.717) is 0 Å². The summed E-state index contributed by atoms with van der Waals surface area (Å²) in [5.41, 5.74) is 6.69. The van der Waals surface area contributed by atoms with E-state index in [1.54, 1.807) is 22.3 Å². The molecule has 0 fully saturated rings. The van der Waals surface area contributed by atoms with Gasteiger partial charge in [-0.15, -0.1) is 0 Å². The number of hydrogen-bond acceptors (Lipinski definition) is 0. The average molecular weight is 281 g/mol. The van der Waals surface area contributed by atoms with Gasteiger partial charge in [0.05, 0.1) is 0 Å². The minimum Gasteiger partial charge on any atom is -0.0716 e. The summed E-state index contributed by atoms with van der Waals surface area (Å²) in [7, 11) is 0. The summed E-state index contributed by atoms with van der Waals surface area (Å²) < 4.78 is 0. The van der Waals surface area contributed by atoms with Crippen LogP contribution in [-0.2, 0) is 0 Å². The number of allylic oxidation sites excluding steroid dienone is 4. The highest BCUT2D eigenvalue weighted by molar-refractivity contribution is 5.13. The van der Waals surface area contributed by atoms with Crippen molar-refractivity contribution in [2.75, 3.05) is 0 Å². The topological polar surface area (TPSA) is 0 Å². The average Bonchev–Trinajstić information content (AvgIpc) is 2.50. The smallest absolute Gasteiger partial charge is 0.0346 e. The van der Waals surface area contributed by atoms with Gasteiger partial charge in [0.15, 0.2) is 0 Å². The Morgan fingerprint density at radius 2 is 0.400 bits per heavy atom. The van der Waals surface area contributed by atoms with Crippen molar-refractivity contribution in [2.24, 2.45) is 0 Å². The van der Waals surface area contributed by atoms with Crippen LogP contribution >= 0.6 is 0 Å². The number of rotatable bonds is 8. The molecule has 0 rings (SSSR count). The lowest BCUT2D eigenvalue weighted by Gasteiger charge is -2.07. The third-order valence-electron chi connectivity index (χ3n) is 4.41. The number of hydrogen-bond donors (Lipinski definition) is 0. The SMILES string of the molecule is CCC(CC)=C(CC)CC.CCC(CC)=C(CC)CC. The van der Waals surface area contributed by atoms with Crippen LogP contribution in [0.1, 0.15) is 107 Å². The highest BCUT2D eigenvalue weighted by Gasteiger charge is 1.98. The van der Waals surface area contributed by atoms with E-state index in [2.05, 4.69) is 55.4 Å². The van der Waals surface area contributed by atoms with Gasteiger partial charge in [-0.25, -0.2) is 0 Å². The Kier molecular flexibility index (Phi) is 16.2. The zero-order valence-corrected chi connectivity index (χ0v) is 15.7. The van der Waals surface area contributed by atoms with Crippen LogP contribution in [0.5, 0.6) is 0 Å². The van der Waals surface area contributed by atoms with Crippen molar-refractivity contribution in [1.82, 2.24) is 0 Å². The molecule has 0 N–H and O–H groups in total. The van der Waals surface area contributed by atoms with Gasteiger partial charge in [-0.05, 0) is 51.4 Å². The molecule has 0 heterocycles. The predicted molar refractivity (Wildman–Crippen MR) is 96.4 cm³/mol. The molecule has 0 aromatic rings. The van der Waals surface area contributed by atoms with Crippen molar-refractivity contribution in [3.63, 3.8) is 0 Å². The Bertz CT molecular complexity index is 196. The first-order valence-electron chi connectivity index (χ1n) is 8.99. The summed E-state index contributed by atoms with van der Waals surface area (Å²) in [6, 6.07) is 0. The zero-order chi connectivity index (χ0) is 16.0. The first-order valence-corrected chi connectivity index (χ1v) is 8.99. The molecule has 20 heavy (non-hydrogen) atoms. The fraction of sp³-hybridized carbons (Fsp3) is 0.800. The Labute approximate surface area is 129 Å². The lowest BCUT2D eigenvalue weighted by atomic mass is 9.99. The molecule has 0 aliphatic rings. The fourth-order valence-corrected chi connectivity index (χ4v) is 3.00. The van der Waals surface area contributed by atoms with E-state index < -0.39 is 0 Å². The van der Waals surface area contributed by atoms with E-state index in [4.69, 9.17) is 0 Å². The molecule has 0 saturated carbocycles. The highest BCUT2D eigenvalue weighted by atomic mass is 14.0. The molecule has 0 amide bonds. The Hall–Kier alpha value is -0.520. The second-order valence-electron chi connectivity index (χ2n) is 5.24. The summed E-state index contributed by atoms with van der Waals surface area (Å²) in [4.78, 5) is 0. The first kappa shape index (κ1) is 21.8. The quantitative estimate of drug-likeness (QED) is 0.397. The molecule has 0 unspecified atom stereocenters. The molecule has 0 aliphatic carbocycles. The Morgan fingerprint density at radius 3 is 0.450 bits per heavy atom. The van der Waals surface area contributed by atoms with Crippen LogP contribution in [0.2, 0.25) is 0 Å².